The summed E-state index contributed by atoms with van der Waals surface area (Å²) in [5.41, 5.74) is -0.946. The van der Waals surface area contributed by atoms with Gasteiger partial charge in [-0.2, -0.15) is 13.2 Å². The van der Waals surface area contributed by atoms with Crippen LogP contribution in [0.5, 0.6) is 5.75 Å². The molecule has 36 heavy (non-hydrogen) atoms. The summed E-state index contributed by atoms with van der Waals surface area (Å²) in [4.78, 5) is 15.4. The van der Waals surface area contributed by atoms with Gasteiger partial charge in [0.2, 0.25) is 0 Å². The number of aliphatic hydroxyl groups excluding tert-OH is 1. The van der Waals surface area contributed by atoms with Gasteiger partial charge in [-0.3, -0.25) is 10.1 Å². The maximum absolute atomic E-state index is 13.5. The predicted octanol–water partition coefficient (Wildman–Crippen LogP) is 4.92. The number of carbonyl (C=O) groups is 1. The number of thiazole rings is 1. The lowest BCUT2D eigenvalue weighted by atomic mass is 10.0. The number of carbonyl (C=O) groups excluding carboxylic acids is 1. The summed E-state index contributed by atoms with van der Waals surface area (Å²) in [7, 11) is 0. The number of aromatic nitrogens is 1. The summed E-state index contributed by atoms with van der Waals surface area (Å²) in [6.45, 7) is 2.42. The summed E-state index contributed by atoms with van der Waals surface area (Å²) >= 11 is 0.545. The molecule has 1 aliphatic rings. The molecule has 0 spiro atoms. The van der Waals surface area contributed by atoms with Crippen LogP contribution in [-0.4, -0.2) is 41.7 Å². The lowest BCUT2D eigenvalue weighted by molar-refractivity contribution is -0.274. The molecule has 1 aliphatic carbocycles. The van der Waals surface area contributed by atoms with Crippen LogP contribution in [0.25, 0.3) is 0 Å². The van der Waals surface area contributed by atoms with Crippen molar-refractivity contribution >= 4 is 17.2 Å². The molecule has 3 rings (SSSR count). The van der Waals surface area contributed by atoms with Crippen LogP contribution in [0.2, 0.25) is 0 Å². The number of rotatable bonds is 12. The van der Waals surface area contributed by atoms with E-state index in [2.05, 4.69) is 20.4 Å². The highest BCUT2D eigenvalue weighted by atomic mass is 32.1. The zero-order chi connectivity index (χ0) is 26.5. The van der Waals surface area contributed by atoms with Gasteiger partial charge in [-0.15, -0.1) is 24.5 Å². The Morgan fingerprint density at radius 2 is 1.97 bits per heavy atom. The molecule has 1 heterocycles. The fraction of sp³-hybridized carbons (Fsp3) is 0.565. The van der Waals surface area contributed by atoms with Crippen LogP contribution >= 0.6 is 11.3 Å². The number of hydrogen-bond donors (Lipinski definition) is 3. The standard InChI is InChI=1S/C23H27F6N3O3S/c1-13(9-15-5-6-15)12-31-17(33)11-18-32-20(22(24,25)26)19(36-18)21(34)30-8-7-14-3-2-4-16(10-14)35-23(27,28)29/h2-4,10,13,15,17,31,33H,5-9,11-12H2,1H3,(H,30,34). The van der Waals surface area contributed by atoms with Crippen LogP contribution < -0.4 is 15.4 Å². The fourth-order valence-electron chi connectivity index (χ4n) is 3.68. The molecule has 3 N–H and O–H groups in total. The molecule has 1 aromatic heterocycles. The Bertz CT molecular complexity index is 1020. The Balaban J connectivity index is 1.56. The van der Waals surface area contributed by atoms with Crippen LogP contribution in [0.1, 0.15) is 52.1 Å². The van der Waals surface area contributed by atoms with Crippen molar-refractivity contribution < 1.29 is 41.0 Å². The van der Waals surface area contributed by atoms with Crippen molar-refractivity contribution in [1.82, 2.24) is 15.6 Å². The quantitative estimate of drug-likeness (QED) is 0.264. The lowest BCUT2D eigenvalue weighted by Gasteiger charge is -2.16. The molecule has 2 unspecified atom stereocenters. The Labute approximate surface area is 208 Å². The second kappa shape index (κ2) is 11.8. The van der Waals surface area contributed by atoms with Gasteiger partial charge in [0.1, 0.15) is 16.9 Å². The highest BCUT2D eigenvalue weighted by Gasteiger charge is 2.39. The highest BCUT2D eigenvalue weighted by molar-refractivity contribution is 7.13. The van der Waals surface area contributed by atoms with Crippen molar-refractivity contribution in [3.05, 3.63) is 45.4 Å². The van der Waals surface area contributed by atoms with E-state index in [9.17, 15) is 36.2 Å². The average molecular weight is 540 g/mol. The molecule has 6 nitrogen and oxygen atoms in total. The summed E-state index contributed by atoms with van der Waals surface area (Å²) < 4.78 is 81.4. The maximum atomic E-state index is 13.5. The molecule has 0 saturated heterocycles. The second-order valence-corrected chi connectivity index (χ2v) is 9.98. The van der Waals surface area contributed by atoms with Crippen molar-refractivity contribution in [2.24, 2.45) is 11.8 Å². The van der Waals surface area contributed by atoms with Crippen LogP contribution in [0, 0.1) is 11.8 Å². The van der Waals surface area contributed by atoms with E-state index in [0.717, 1.165) is 18.6 Å². The number of aliphatic hydroxyl groups is 1. The molecule has 2 aromatic rings. The number of benzene rings is 1. The van der Waals surface area contributed by atoms with Crippen molar-refractivity contribution in [3.8, 4) is 5.75 Å². The van der Waals surface area contributed by atoms with Crippen molar-refractivity contribution in [3.63, 3.8) is 0 Å². The van der Waals surface area contributed by atoms with Crippen LogP contribution in [-0.2, 0) is 19.0 Å². The first kappa shape index (κ1) is 28.2. The van der Waals surface area contributed by atoms with Gasteiger partial charge < -0.3 is 15.2 Å². The predicted molar refractivity (Wildman–Crippen MR) is 120 cm³/mol. The van der Waals surface area contributed by atoms with Crippen LogP contribution in [0.4, 0.5) is 26.3 Å². The molecular formula is C23H27F6N3O3S. The minimum absolute atomic E-state index is 0.0423. The summed E-state index contributed by atoms with van der Waals surface area (Å²) in [5.74, 6) is -0.414. The Kier molecular flexibility index (Phi) is 9.23. The van der Waals surface area contributed by atoms with E-state index in [-0.39, 0.29) is 24.4 Å². The van der Waals surface area contributed by atoms with E-state index in [4.69, 9.17) is 0 Å². The summed E-state index contributed by atoms with van der Waals surface area (Å²) in [5, 5.41) is 15.4. The zero-order valence-corrected chi connectivity index (χ0v) is 20.2. The molecule has 1 aromatic carbocycles. The van der Waals surface area contributed by atoms with Gasteiger partial charge in [-0.05, 0) is 42.4 Å². The molecule has 200 valence electrons. The van der Waals surface area contributed by atoms with Gasteiger partial charge in [0, 0.05) is 19.5 Å². The number of amides is 1. The van der Waals surface area contributed by atoms with Crippen molar-refractivity contribution in [2.75, 3.05) is 13.1 Å². The molecule has 1 fully saturated rings. The molecular weight excluding hydrogens is 512 g/mol. The minimum atomic E-state index is -4.87. The smallest absolute Gasteiger partial charge is 0.406 e. The molecule has 1 saturated carbocycles. The van der Waals surface area contributed by atoms with Gasteiger partial charge in [0.25, 0.3) is 5.91 Å². The topological polar surface area (TPSA) is 83.5 Å². The van der Waals surface area contributed by atoms with E-state index < -0.39 is 41.0 Å². The summed E-state index contributed by atoms with van der Waals surface area (Å²) in [6, 6.07) is 5.08. The summed E-state index contributed by atoms with van der Waals surface area (Å²) in [6.07, 6.45) is -7.53. The first-order chi connectivity index (χ1) is 16.8. The van der Waals surface area contributed by atoms with Gasteiger partial charge in [-0.1, -0.05) is 31.9 Å². The van der Waals surface area contributed by atoms with Gasteiger partial charge in [-0.25, -0.2) is 4.98 Å². The Hall–Kier alpha value is -2.38. The largest absolute Gasteiger partial charge is 0.573 e. The molecule has 1 amide bonds. The first-order valence-corrected chi connectivity index (χ1v) is 12.2. The number of nitrogens with one attached hydrogen (secondary N) is 2. The number of ether oxygens (including phenoxy) is 1. The Morgan fingerprint density at radius 1 is 1.25 bits per heavy atom. The third-order valence-corrected chi connectivity index (χ3v) is 6.56. The van der Waals surface area contributed by atoms with E-state index in [0.29, 0.717) is 35.3 Å². The van der Waals surface area contributed by atoms with E-state index in [1.54, 1.807) is 0 Å². The molecule has 2 atom stereocenters. The highest BCUT2D eigenvalue weighted by Crippen LogP contribution is 2.36. The zero-order valence-electron chi connectivity index (χ0n) is 19.4. The molecule has 13 heteroatoms. The second-order valence-electron chi connectivity index (χ2n) is 8.90. The average Bonchev–Trinajstić information content (AvgIpc) is 3.46. The van der Waals surface area contributed by atoms with Gasteiger partial charge in [0.15, 0.2) is 5.69 Å². The number of nitrogens with zero attached hydrogens (tertiary/aromatic N) is 1. The lowest BCUT2D eigenvalue weighted by Crippen LogP contribution is -2.34. The van der Waals surface area contributed by atoms with Gasteiger partial charge in [0.05, 0.1) is 5.01 Å². The number of hydrogen-bond acceptors (Lipinski definition) is 6. The van der Waals surface area contributed by atoms with E-state index in [1.165, 1.54) is 25.0 Å². The van der Waals surface area contributed by atoms with Crippen molar-refractivity contribution in [2.45, 2.75) is 57.8 Å². The van der Waals surface area contributed by atoms with Gasteiger partial charge >= 0.3 is 12.5 Å². The fourth-order valence-corrected chi connectivity index (χ4v) is 4.71. The normalized spacial score (nSPS) is 16.0. The molecule has 0 aliphatic heterocycles. The van der Waals surface area contributed by atoms with Crippen LogP contribution in [0.15, 0.2) is 24.3 Å². The SMILES string of the molecule is CC(CNC(O)Cc1nc(C(F)(F)F)c(C(=O)NCCc2cccc(OC(F)(F)F)c2)s1)CC1CC1. The minimum Gasteiger partial charge on any atom is -0.406 e. The van der Waals surface area contributed by atoms with Crippen molar-refractivity contribution in [1.29, 1.82) is 0 Å². The molecule has 0 radical (unpaired) electrons. The molecule has 0 bridgehead atoms. The first-order valence-electron chi connectivity index (χ1n) is 11.4. The van der Waals surface area contributed by atoms with Crippen LogP contribution in [0.3, 0.4) is 0 Å². The third kappa shape index (κ3) is 9.25. The number of alkyl halides is 6. The van der Waals surface area contributed by atoms with E-state index >= 15 is 0 Å². The maximum Gasteiger partial charge on any atom is 0.573 e. The monoisotopic (exact) mass is 539 g/mol. The van der Waals surface area contributed by atoms with E-state index in [1.807, 2.05) is 6.92 Å². The Morgan fingerprint density at radius 3 is 2.61 bits per heavy atom. The number of halogens is 6. The third-order valence-electron chi connectivity index (χ3n) is 5.48.